The quantitative estimate of drug-likeness (QED) is 0.808. The molecule has 2 aromatic heterocycles. The highest BCUT2D eigenvalue weighted by Crippen LogP contribution is 2.29. The van der Waals surface area contributed by atoms with Crippen molar-refractivity contribution in [1.29, 1.82) is 0 Å². The smallest absolute Gasteiger partial charge is 0.0765 e. The minimum Gasteiger partial charge on any atom is -0.389 e. The van der Waals surface area contributed by atoms with Gasteiger partial charge >= 0.3 is 0 Å². The molecule has 0 spiro atoms. The van der Waals surface area contributed by atoms with E-state index in [1.807, 2.05) is 6.92 Å². The molecule has 0 fully saturated rings. The van der Waals surface area contributed by atoms with E-state index in [-0.39, 0.29) is 6.04 Å². The summed E-state index contributed by atoms with van der Waals surface area (Å²) in [5.74, 6) is 0. The molecule has 1 unspecified atom stereocenters. The summed E-state index contributed by atoms with van der Waals surface area (Å²) < 4.78 is 0. The fourth-order valence-corrected chi connectivity index (χ4v) is 3.91. The molecule has 2 N–H and O–H groups in total. The van der Waals surface area contributed by atoms with Crippen LogP contribution in [0.5, 0.6) is 0 Å². The molecule has 0 aliphatic heterocycles. The minimum absolute atomic E-state index is 0.198. The molecule has 0 aliphatic rings. The Bertz CT molecular complexity index is 428. The van der Waals surface area contributed by atoms with Crippen molar-refractivity contribution in [3.05, 3.63) is 44.8 Å². The van der Waals surface area contributed by atoms with Crippen LogP contribution in [0.2, 0.25) is 0 Å². The molecule has 0 bridgehead atoms. The summed E-state index contributed by atoms with van der Waals surface area (Å²) in [7, 11) is 0. The van der Waals surface area contributed by atoms with E-state index in [1.165, 1.54) is 9.75 Å². The van der Waals surface area contributed by atoms with Crippen LogP contribution < -0.4 is 5.32 Å². The van der Waals surface area contributed by atoms with Gasteiger partial charge in [-0.2, -0.15) is 0 Å². The molecule has 2 rings (SSSR count). The Morgan fingerprint density at radius 3 is 2.21 bits per heavy atom. The average molecular weight is 295 g/mol. The van der Waals surface area contributed by atoms with Gasteiger partial charge in [0.05, 0.1) is 11.6 Å². The molecule has 0 saturated carbocycles. The van der Waals surface area contributed by atoms with Gasteiger partial charge in [-0.25, -0.2) is 0 Å². The minimum atomic E-state index is -0.637. The first-order chi connectivity index (χ1) is 9.12. The highest BCUT2D eigenvalue weighted by Gasteiger charge is 2.23. The van der Waals surface area contributed by atoms with Gasteiger partial charge in [0.25, 0.3) is 0 Å². The first-order valence-electron chi connectivity index (χ1n) is 6.65. The summed E-state index contributed by atoms with van der Waals surface area (Å²) in [5.41, 5.74) is -0.637. The zero-order chi connectivity index (χ0) is 13.7. The van der Waals surface area contributed by atoms with Gasteiger partial charge in [0.15, 0.2) is 0 Å². The van der Waals surface area contributed by atoms with Crippen LogP contribution in [0.1, 0.15) is 42.5 Å². The van der Waals surface area contributed by atoms with E-state index < -0.39 is 5.60 Å². The average Bonchev–Trinajstić information content (AvgIpc) is 3.01. The van der Waals surface area contributed by atoms with Gasteiger partial charge in [0.2, 0.25) is 0 Å². The maximum atomic E-state index is 10.3. The van der Waals surface area contributed by atoms with Crippen molar-refractivity contribution in [2.24, 2.45) is 0 Å². The second-order valence-electron chi connectivity index (χ2n) is 5.09. The first kappa shape index (κ1) is 14.7. The van der Waals surface area contributed by atoms with Crippen molar-refractivity contribution in [2.75, 3.05) is 6.54 Å². The summed E-state index contributed by atoms with van der Waals surface area (Å²) in [6.07, 6.45) is 1.82. The standard InChI is InChI=1S/C15H21NOS2/c1-3-8-15(2,17)11-16-14(12-6-4-9-18-12)13-7-5-10-19-13/h4-7,9-10,14,16-17H,3,8,11H2,1-2H3. The summed E-state index contributed by atoms with van der Waals surface area (Å²) in [4.78, 5) is 2.60. The molecule has 0 radical (unpaired) electrons. The summed E-state index contributed by atoms with van der Waals surface area (Å²) in [6, 6.07) is 8.65. The van der Waals surface area contributed by atoms with Crippen molar-refractivity contribution in [3.63, 3.8) is 0 Å². The highest BCUT2D eigenvalue weighted by atomic mass is 32.1. The third kappa shape index (κ3) is 4.14. The Balaban J connectivity index is 2.08. The topological polar surface area (TPSA) is 32.3 Å². The predicted molar refractivity (Wildman–Crippen MR) is 84.0 cm³/mol. The normalized spacial score (nSPS) is 14.7. The van der Waals surface area contributed by atoms with Crippen LogP contribution in [-0.2, 0) is 0 Å². The van der Waals surface area contributed by atoms with Crippen LogP contribution in [0, 0.1) is 0 Å². The van der Waals surface area contributed by atoms with Gasteiger partial charge in [-0.15, -0.1) is 22.7 Å². The van der Waals surface area contributed by atoms with Crippen molar-refractivity contribution in [2.45, 2.75) is 38.3 Å². The number of hydrogen-bond acceptors (Lipinski definition) is 4. The molecule has 104 valence electrons. The number of aliphatic hydroxyl groups is 1. The second kappa shape index (κ2) is 6.66. The molecule has 0 aromatic carbocycles. The lowest BCUT2D eigenvalue weighted by atomic mass is 10.00. The third-order valence-electron chi connectivity index (χ3n) is 3.13. The van der Waals surface area contributed by atoms with Crippen molar-refractivity contribution in [3.8, 4) is 0 Å². The third-order valence-corrected chi connectivity index (χ3v) is 5.01. The molecule has 0 amide bonds. The number of thiophene rings is 2. The van der Waals surface area contributed by atoms with E-state index in [0.717, 1.165) is 12.8 Å². The fraction of sp³-hybridized carbons (Fsp3) is 0.467. The largest absolute Gasteiger partial charge is 0.389 e. The Morgan fingerprint density at radius 1 is 1.21 bits per heavy atom. The molecule has 2 aromatic rings. The van der Waals surface area contributed by atoms with Crippen LogP contribution in [0.15, 0.2) is 35.0 Å². The maximum Gasteiger partial charge on any atom is 0.0765 e. The zero-order valence-electron chi connectivity index (χ0n) is 11.4. The van der Waals surface area contributed by atoms with Crippen LogP contribution in [-0.4, -0.2) is 17.3 Å². The molecular weight excluding hydrogens is 274 g/mol. The molecule has 1 atom stereocenters. The van der Waals surface area contributed by atoms with Crippen LogP contribution in [0.4, 0.5) is 0 Å². The maximum absolute atomic E-state index is 10.3. The van der Waals surface area contributed by atoms with E-state index in [2.05, 4.69) is 47.3 Å². The molecule has 2 heterocycles. The zero-order valence-corrected chi connectivity index (χ0v) is 13.1. The van der Waals surface area contributed by atoms with Gasteiger partial charge in [-0.3, -0.25) is 0 Å². The Morgan fingerprint density at radius 2 is 1.79 bits per heavy atom. The lowest BCUT2D eigenvalue weighted by Gasteiger charge is -2.26. The van der Waals surface area contributed by atoms with Crippen molar-refractivity contribution in [1.82, 2.24) is 5.32 Å². The second-order valence-corrected chi connectivity index (χ2v) is 7.05. The summed E-state index contributed by atoms with van der Waals surface area (Å²) in [6.45, 7) is 4.62. The molecular formula is C15H21NOS2. The molecule has 0 saturated heterocycles. The fourth-order valence-electron chi connectivity index (χ4n) is 2.20. The van der Waals surface area contributed by atoms with Gasteiger partial charge in [0, 0.05) is 16.3 Å². The van der Waals surface area contributed by atoms with Gasteiger partial charge in [0.1, 0.15) is 0 Å². The number of nitrogens with one attached hydrogen (secondary N) is 1. The van der Waals surface area contributed by atoms with E-state index in [1.54, 1.807) is 22.7 Å². The van der Waals surface area contributed by atoms with Crippen LogP contribution in [0.3, 0.4) is 0 Å². The molecule has 2 nitrogen and oxygen atoms in total. The van der Waals surface area contributed by atoms with E-state index >= 15 is 0 Å². The lowest BCUT2D eigenvalue weighted by Crippen LogP contribution is -2.39. The van der Waals surface area contributed by atoms with Gasteiger partial charge < -0.3 is 10.4 Å². The monoisotopic (exact) mass is 295 g/mol. The Labute approximate surface area is 123 Å². The van der Waals surface area contributed by atoms with Crippen molar-refractivity contribution < 1.29 is 5.11 Å². The van der Waals surface area contributed by atoms with E-state index in [4.69, 9.17) is 0 Å². The Hall–Kier alpha value is -0.680. The molecule has 19 heavy (non-hydrogen) atoms. The summed E-state index contributed by atoms with van der Waals surface area (Å²) >= 11 is 3.51. The molecule has 0 aliphatic carbocycles. The molecule has 4 heteroatoms. The Kier molecular flexibility index (Phi) is 5.16. The van der Waals surface area contributed by atoms with E-state index in [0.29, 0.717) is 6.54 Å². The lowest BCUT2D eigenvalue weighted by molar-refractivity contribution is 0.0485. The van der Waals surface area contributed by atoms with Crippen LogP contribution in [0.25, 0.3) is 0 Å². The van der Waals surface area contributed by atoms with Crippen LogP contribution >= 0.6 is 22.7 Å². The predicted octanol–water partition coefficient (Wildman–Crippen LogP) is 4.04. The SMILES string of the molecule is CCCC(C)(O)CNC(c1cccs1)c1cccs1. The van der Waals surface area contributed by atoms with Crippen molar-refractivity contribution >= 4 is 22.7 Å². The number of rotatable bonds is 7. The summed E-state index contributed by atoms with van der Waals surface area (Å²) in [5, 5.41) is 18.0. The van der Waals surface area contributed by atoms with E-state index in [9.17, 15) is 5.11 Å². The number of hydrogen-bond donors (Lipinski definition) is 2. The van der Waals surface area contributed by atoms with Gasteiger partial charge in [-0.1, -0.05) is 25.5 Å². The first-order valence-corrected chi connectivity index (χ1v) is 8.41. The highest BCUT2D eigenvalue weighted by molar-refractivity contribution is 7.11. The van der Waals surface area contributed by atoms with Gasteiger partial charge in [-0.05, 0) is 36.2 Å².